The van der Waals surface area contributed by atoms with Crippen LogP contribution in [0, 0.1) is 5.92 Å². The Hall–Kier alpha value is -3.74. The number of hydrogen-bond donors (Lipinski definition) is 0. The predicted octanol–water partition coefficient (Wildman–Crippen LogP) is 8.76. The Morgan fingerprint density at radius 3 is 2.35 bits per heavy atom. The lowest BCUT2D eigenvalue weighted by molar-refractivity contribution is -0.300. The van der Waals surface area contributed by atoms with Gasteiger partial charge in [-0.1, -0.05) is 62.4 Å². The predicted molar refractivity (Wildman–Crippen MR) is 177 cm³/mol. The minimum atomic E-state index is -1.01. The molecule has 226 valence electrons. The first-order chi connectivity index (χ1) is 20.4. The summed E-state index contributed by atoms with van der Waals surface area (Å²) in [5, 5.41) is 2.12. The number of hydrogen-bond acceptors (Lipinski definition) is 6. The molecule has 3 aliphatic rings. The largest absolute Gasteiger partial charge is 0.453 e. The molecule has 0 N–H and O–H groups in total. The van der Waals surface area contributed by atoms with Gasteiger partial charge in [-0.2, -0.15) is 5.06 Å². The van der Waals surface area contributed by atoms with Gasteiger partial charge in [0.25, 0.3) is 0 Å². The highest BCUT2D eigenvalue weighted by Gasteiger charge is 2.45. The van der Waals surface area contributed by atoms with E-state index < -0.39 is 5.60 Å². The van der Waals surface area contributed by atoms with E-state index in [1.54, 1.807) is 6.07 Å². The van der Waals surface area contributed by atoms with Crippen molar-refractivity contribution >= 4 is 22.9 Å². The molecule has 5 rings (SSSR count). The lowest BCUT2D eigenvalue weighted by Crippen LogP contribution is -2.50. The Bertz CT molecular complexity index is 1690. The maximum atomic E-state index is 13.7. The van der Waals surface area contributed by atoms with Gasteiger partial charge in [0.15, 0.2) is 16.8 Å². The van der Waals surface area contributed by atoms with Gasteiger partial charge in [-0.15, -0.1) is 0 Å². The van der Waals surface area contributed by atoms with Gasteiger partial charge >= 0.3 is 0 Å². The van der Waals surface area contributed by atoms with Crippen molar-refractivity contribution in [3.05, 3.63) is 99.2 Å². The summed E-state index contributed by atoms with van der Waals surface area (Å²) in [5.41, 5.74) is 5.02. The van der Waals surface area contributed by atoms with E-state index in [1.165, 1.54) is 5.56 Å². The number of nitrogens with zero attached hydrogens (tertiary/aromatic N) is 3. The molecule has 2 atom stereocenters. The molecule has 2 aliphatic carbocycles. The first kappa shape index (κ1) is 30.7. The normalized spacial score (nSPS) is 17.8. The van der Waals surface area contributed by atoms with Crippen LogP contribution < -0.4 is 10.3 Å². The second-order valence-electron chi connectivity index (χ2n) is 13.0. The fraction of sp³-hybridized carbons (Fsp3) is 0.405. The standard InChI is InChI=1S/C37H45N3O3/c1-10-39(11-2)27-20-21-29-31(22-27)42-32-23-30(41)28-19-15-16-25(5)37(9,33(28)34(32)38-29)43-40(36(6,7)8)35(24(3)4)26-17-13-12-14-18-26/h12-24,35H,10-11H2,1-9H3. The molecule has 1 aliphatic heterocycles. The summed E-state index contributed by atoms with van der Waals surface area (Å²) in [4.78, 5) is 28.4. The number of fused-ring (bicyclic) bond motifs is 4. The smallest absolute Gasteiger partial charge is 0.190 e. The highest BCUT2D eigenvalue weighted by atomic mass is 16.7. The summed E-state index contributed by atoms with van der Waals surface area (Å²) >= 11 is 0. The molecule has 2 aromatic carbocycles. The van der Waals surface area contributed by atoms with Crippen LogP contribution in [0.15, 0.2) is 81.5 Å². The topological polar surface area (TPSA) is 58.8 Å². The molecular formula is C37H45N3O3. The Kier molecular flexibility index (Phi) is 8.39. The van der Waals surface area contributed by atoms with Crippen molar-refractivity contribution < 1.29 is 9.25 Å². The molecule has 0 amide bonds. The zero-order chi connectivity index (χ0) is 31.1. The maximum Gasteiger partial charge on any atom is 0.190 e. The van der Waals surface area contributed by atoms with Crippen LogP contribution in [0.2, 0.25) is 0 Å². The van der Waals surface area contributed by atoms with Crippen molar-refractivity contribution in [2.24, 2.45) is 5.92 Å². The van der Waals surface area contributed by atoms with Gasteiger partial charge in [-0.05, 0) is 77.7 Å². The lowest BCUT2D eigenvalue weighted by atomic mass is 9.83. The Labute approximate surface area is 256 Å². The molecule has 0 bridgehead atoms. The van der Waals surface area contributed by atoms with E-state index in [9.17, 15) is 4.79 Å². The highest BCUT2D eigenvalue weighted by molar-refractivity contribution is 5.83. The van der Waals surface area contributed by atoms with Crippen molar-refractivity contribution in [2.45, 2.75) is 79.5 Å². The fourth-order valence-corrected chi connectivity index (χ4v) is 6.19. The van der Waals surface area contributed by atoms with Gasteiger partial charge in [0.2, 0.25) is 0 Å². The van der Waals surface area contributed by atoms with Gasteiger partial charge in [0.05, 0.1) is 6.04 Å². The summed E-state index contributed by atoms with van der Waals surface area (Å²) in [6, 6.07) is 18.1. The first-order valence-corrected chi connectivity index (χ1v) is 15.4. The second kappa shape index (κ2) is 11.7. The Balaban J connectivity index is 1.75. The van der Waals surface area contributed by atoms with Crippen molar-refractivity contribution in [1.82, 2.24) is 10.0 Å². The maximum absolute atomic E-state index is 13.7. The first-order valence-electron chi connectivity index (χ1n) is 15.4. The second-order valence-corrected chi connectivity index (χ2v) is 13.0. The highest BCUT2D eigenvalue weighted by Crippen LogP contribution is 2.47. The molecule has 2 aromatic rings. The molecule has 0 fully saturated rings. The quantitative estimate of drug-likeness (QED) is 0.154. The van der Waals surface area contributed by atoms with Crippen LogP contribution >= 0.6 is 0 Å². The molecule has 0 spiro atoms. The number of allylic oxidation sites excluding steroid dienone is 2. The molecule has 43 heavy (non-hydrogen) atoms. The van der Waals surface area contributed by atoms with Gasteiger partial charge in [0.1, 0.15) is 16.8 Å². The van der Waals surface area contributed by atoms with Gasteiger partial charge in [-0.3, -0.25) is 9.63 Å². The third-order valence-electron chi connectivity index (χ3n) is 8.60. The van der Waals surface area contributed by atoms with E-state index in [0.29, 0.717) is 22.6 Å². The number of hydroxylamine groups is 2. The molecule has 0 radical (unpaired) electrons. The van der Waals surface area contributed by atoms with Crippen molar-refractivity contribution in [3.63, 3.8) is 0 Å². The van der Waals surface area contributed by atoms with Crippen LogP contribution in [0.4, 0.5) is 5.69 Å². The van der Waals surface area contributed by atoms with E-state index in [2.05, 4.69) is 103 Å². The molecule has 0 saturated carbocycles. The summed E-state index contributed by atoms with van der Waals surface area (Å²) in [6.07, 6.45) is 5.85. The van der Waals surface area contributed by atoms with Gasteiger partial charge < -0.3 is 9.32 Å². The van der Waals surface area contributed by atoms with E-state index in [1.807, 2.05) is 36.4 Å². The van der Waals surface area contributed by atoms with E-state index in [4.69, 9.17) is 14.2 Å². The molecule has 2 unspecified atom stereocenters. The van der Waals surface area contributed by atoms with Crippen LogP contribution in [0.5, 0.6) is 0 Å². The Morgan fingerprint density at radius 1 is 1.02 bits per heavy atom. The number of rotatable bonds is 8. The van der Waals surface area contributed by atoms with Crippen LogP contribution in [-0.4, -0.2) is 28.7 Å². The fourth-order valence-electron chi connectivity index (χ4n) is 6.19. The lowest BCUT2D eigenvalue weighted by Gasteiger charge is -2.48. The SMILES string of the molecule is CCN(CC)c1ccc2nc3c4c(c(=O)cc-3oc2c1)C=CC=C(C)C4(C)ON(C(c1ccccc1)C(C)C)C(C)(C)C. The molecule has 6 heteroatoms. The van der Waals surface area contributed by atoms with E-state index >= 15 is 0 Å². The zero-order valence-corrected chi connectivity index (χ0v) is 27.1. The van der Waals surface area contributed by atoms with Crippen LogP contribution in [0.25, 0.3) is 28.6 Å². The summed E-state index contributed by atoms with van der Waals surface area (Å²) in [5.74, 6) is 0.703. The van der Waals surface area contributed by atoms with Crippen molar-refractivity contribution in [1.29, 1.82) is 0 Å². The average molecular weight is 580 g/mol. The molecule has 6 nitrogen and oxygen atoms in total. The summed E-state index contributed by atoms with van der Waals surface area (Å²) in [7, 11) is 0. The third kappa shape index (κ3) is 5.66. The summed E-state index contributed by atoms with van der Waals surface area (Å²) in [6.45, 7) is 21.1. The molecular weight excluding hydrogens is 534 g/mol. The number of aromatic nitrogens is 1. The van der Waals surface area contributed by atoms with E-state index in [-0.39, 0.29) is 22.9 Å². The summed E-state index contributed by atoms with van der Waals surface area (Å²) < 4.78 is 6.47. The van der Waals surface area contributed by atoms with Crippen LogP contribution in [-0.2, 0) is 10.4 Å². The van der Waals surface area contributed by atoms with Crippen LogP contribution in [0.1, 0.15) is 85.0 Å². The Morgan fingerprint density at radius 2 is 1.72 bits per heavy atom. The van der Waals surface area contributed by atoms with Gasteiger partial charge in [-0.25, -0.2) is 4.98 Å². The average Bonchev–Trinajstić information content (AvgIpc) is 3.09. The van der Waals surface area contributed by atoms with Gasteiger partial charge in [0, 0.05) is 47.6 Å². The third-order valence-corrected chi connectivity index (χ3v) is 8.60. The minimum Gasteiger partial charge on any atom is -0.453 e. The van der Waals surface area contributed by atoms with E-state index in [0.717, 1.165) is 35.4 Å². The zero-order valence-electron chi connectivity index (χ0n) is 27.1. The molecule has 1 heterocycles. The molecule has 0 saturated heterocycles. The van der Waals surface area contributed by atoms with Crippen molar-refractivity contribution in [2.75, 3.05) is 18.0 Å². The monoisotopic (exact) mass is 579 g/mol. The minimum absolute atomic E-state index is 0.0378. The van der Waals surface area contributed by atoms with Crippen LogP contribution in [0.3, 0.4) is 0 Å². The molecule has 0 aromatic heterocycles. The van der Waals surface area contributed by atoms with Crippen molar-refractivity contribution in [3.8, 4) is 11.5 Å². The number of benzene rings is 3. The number of anilines is 1.